The summed E-state index contributed by atoms with van der Waals surface area (Å²) in [6.45, 7) is 6.58. The molecule has 1 aromatic rings. The second-order valence-electron chi connectivity index (χ2n) is 5.67. The van der Waals surface area contributed by atoms with Crippen molar-refractivity contribution in [1.82, 2.24) is 4.90 Å². The van der Waals surface area contributed by atoms with Gasteiger partial charge in [-0.25, -0.2) is 0 Å². The van der Waals surface area contributed by atoms with E-state index in [1.807, 2.05) is 19.0 Å². The van der Waals surface area contributed by atoms with Crippen LogP contribution < -0.4 is 0 Å². The third-order valence-electron chi connectivity index (χ3n) is 3.31. The van der Waals surface area contributed by atoms with Gasteiger partial charge in [0.25, 0.3) is 0 Å². The van der Waals surface area contributed by atoms with Crippen LogP contribution in [0.4, 0.5) is 0 Å². The van der Waals surface area contributed by atoms with E-state index >= 15 is 0 Å². The highest BCUT2D eigenvalue weighted by Gasteiger charge is 2.20. The molecule has 0 radical (unpaired) electrons. The summed E-state index contributed by atoms with van der Waals surface area (Å²) in [5, 5.41) is 9.21. The fraction of sp³-hybridized carbons (Fsp3) is 0.562. The second-order valence-corrected chi connectivity index (χ2v) is 5.67. The van der Waals surface area contributed by atoms with E-state index in [2.05, 4.69) is 51.1 Å². The van der Waals surface area contributed by atoms with E-state index in [1.54, 1.807) is 0 Å². The third-order valence-corrected chi connectivity index (χ3v) is 3.31. The molecule has 0 fully saturated rings. The summed E-state index contributed by atoms with van der Waals surface area (Å²) in [6, 6.07) is 11.0. The van der Waals surface area contributed by atoms with Crippen LogP contribution >= 0.6 is 0 Å². The zero-order valence-corrected chi connectivity index (χ0v) is 12.1. The molecule has 1 aromatic carbocycles. The summed E-state index contributed by atoms with van der Waals surface area (Å²) in [6.07, 6.45) is 1.12. The maximum Gasteiger partial charge on any atom is 0.104 e. The van der Waals surface area contributed by atoms with Gasteiger partial charge in [0.05, 0.1) is 6.07 Å². The van der Waals surface area contributed by atoms with Gasteiger partial charge in [0.1, 0.15) is 6.04 Å². The Hall–Kier alpha value is -1.33. The van der Waals surface area contributed by atoms with Crippen molar-refractivity contribution in [3.63, 3.8) is 0 Å². The molecule has 0 aromatic heterocycles. The Morgan fingerprint density at radius 3 is 2.06 bits per heavy atom. The van der Waals surface area contributed by atoms with Gasteiger partial charge in [-0.15, -0.1) is 0 Å². The molecule has 0 aliphatic carbocycles. The fourth-order valence-corrected chi connectivity index (χ4v) is 2.29. The maximum absolute atomic E-state index is 9.21. The van der Waals surface area contributed by atoms with Crippen molar-refractivity contribution in [2.75, 3.05) is 14.1 Å². The van der Waals surface area contributed by atoms with Crippen LogP contribution in [0.1, 0.15) is 37.8 Å². The van der Waals surface area contributed by atoms with Crippen molar-refractivity contribution >= 4 is 0 Å². The normalized spacial score (nSPS) is 14.6. The van der Waals surface area contributed by atoms with Crippen molar-refractivity contribution in [1.29, 1.82) is 5.26 Å². The van der Waals surface area contributed by atoms with Crippen molar-refractivity contribution in [2.45, 2.75) is 39.2 Å². The molecule has 2 atom stereocenters. The molecule has 0 saturated heterocycles. The molecule has 0 bridgehead atoms. The van der Waals surface area contributed by atoms with Crippen LogP contribution in [0.2, 0.25) is 0 Å². The first-order valence-electron chi connectivity index (χ1n) is 6.60. The Morgan fingerprint density at radius 2 is 1.67 bits per heavy atom. The lowest BCUT2D eigenvalue weighted by Crippen LogP contribution is -2.31. The first-order valence-corrected chi connectivity index (χ1v) is 6.60. The third kappa shape index (κ3) is 3.85. The number of hydrogen-bond acceptors (Lipinski definition) is 2. The van der Waals surface area contributed by atoms with E-state index in [0.29, 0.717) is 5.92 Å². The highest BCUT2D eigenvalue weighted by molar-refractivity contribution is 5.27. The number of nitriles is 1. The first kappa shape index (κ1) is 14.7. The highest BCUT2D eigenvalue weighted by atomic mass is 15.1. The van der Waals surface area contributed by atoms with E-state index in [1.165, 1.54) is 11.1 Å². The average Bonchev–Trinajstić information content (AvgIpc) is 2.29. The number of rotatable bonds is 5. The predicted octanol–water partition coefficient (Wildman–Crippen LogP) is 3.44. The summed E-state index contributed by atoms with van der Waals surface area (Å²) in [5.74, 6) is 0.917. The average molecular weight is 244 g/mol. The van der Waals surface area contributed by atoms with Crippen LogP contribution in [-0.4, -0.2) is 25.0 Å². The molecule has 0 aliphatic heterocycles. The Labute approximate surface area is 111 Å². The maximum atomic E-state index is 9.21. The SMILES string of the molecule is CC(C)Cc1ccc(C(C)C(C#N)N(C)C)cc1. The van der Waals surface area contributed by atoms with Crippen molar-refractivity contribution in [3.8, 4) is 6.07 Å². The zero-order valence-electron chi connectivity index (χ0n) is 12.1. The molecule has 1 rings (SSSR count). The van der Waals surface area contributed by atoms with Gasteiger partial charge >= 0.3 is 0 Å². The number of benzene rings is 1. The summed E-state index contributed by atoms with van der Waals surface area (Å²) in [5.41, 5.74) is 2.61. The molecule has 2 nitrogen and oxygen atoms in total. The molecule has 0 saturated carbocycles. The summed E-state index contributed by atoms with van der Waals surface area (Å²) < 4.78 is 0. The van der Waals surface area contributed by atoms with E-state index in [9.17, 15) is 5.26 Å². The number of hydrogen-bond donors (Lipinski definition) is 0. The van der Waals surface area contributed by atoms with Crippen LogP contribution in [0.3, 0.4) is 0 Å². The van der Waals surface area contributed by atoms with Gasteiger partial charge in [-0.05, 0) is 37.6 Å². The molecule has 0 heterocycles. The van der Waals surface area contributed by atoms with Crippen molar-refractivity contribution in [2.24, 2.45) is 5.92 Å². The summed E-state index contributed by atoms with van der Waals surface area (Å²) in [7, 11) is 3.91. The van der Waals surface area contributed by atoms with Gasteiger partial charge in [0, 0.05) is 5.92 Å². The molecular formula is C16H24N2. The van der Waals surface area contributed by atoms with Crippen LogP contribution in [0.15, 0.2) is 24.3 Å². The lowest BCUT2D eigenvalue weighted by Gasteiger charge is -2.24. The van der Waals surface area contributed by atoms with Crippen molar-refractivity contribution < 1.29 is 0 Å². The lowest BCUT2D eigenvalue weighted by molar-refractivity contribution is 0.316. The molecule has 18 heavy (non-hydrogen) atoms. The Morgan fingerprint density at radius 1 is 1.11 bits per heavy atom. The smallest absolute Gasteiger partial charge is 0.104 e. The molecule has 0 aliphatic rings. The molecule has 2 heteroatoms. The minimum absolute atomic E-state index is 0.0686. The molecule has 0 N–H and O–H groups in total. The molecule has 98 valence electrons. The van der Waals surface area contributed by atoms with Gasteiger partial charge in [-0.1, -0.05) is 45.0 Å². The molecular weight excluding hydrogens is 220 g/mol. The largest absolute Gasteiger partial charge is 0.294 e. The van der Waals surface area contributed by atoms with Gasteiger partial charge in [-0.3, -0.25) is 4.90 Å². The minimum atomic E-state index is -0.0686. The van der Waals surface area contributed by atoms with Gasteiger partial charge in [0.2, 0.25) is 0 Å². The van der Waals surface area contributed by atoms with Crippen LogP contribution in [0.25, 0.3) is 0 Å². The Kier molecular flexibility index (Phi) is 5.37. The highest BCUT2D eigenvalue weighted by Crippen LogP contribution is 2.22. The van der Waals surface area contributed by atoms with Gasteiger partial charge in [-0.2, -0.15) is 5.26 Å². The van der Waals surface area contributed by atoms with Crippen molar-refractivity contribution in [3.05, 3.63) is 35.4 Å². The number of likely N-dealkylation sites (N-methyl/N-ethyl adjacent to an activating group) is 1. The van der Waals surface area contributed by atoms with Crippen LogP contribution in [0.5, 0.6) is 0 Å². The Bertz CT molecular complexity index is 398. The van der Waals surface area contributed by atoms with Gasteiger partial charge < -0.3 is 0 Å². The number of nitrogens with zero attached hydrogens (tertiary/aromatic N) is 2. The monoisotopic (exact) mass is 244 g/mol. The lowest BCUT2D eigenvalue weighted by atomic mass is 9.91. The fourth-order valence-electron chi connectivity index (χ4n) is 2.29. The quantitative estimate of drug-likeness (QED) is 0.793. The first-order chi connectivity index (χ1) is 8.45. The van der Waals surface area contributed by atoms with E-state index in [4.69, 9.17) is 0 Å². The van der Waals surface area contributed by atoms with Crippen LogP contribution in [-0.2, 0) is 6.42 Å². The zero-order chi connectivity index (χ0) is 13.7. The van der Waals surface area contributed by atoms with Crippen LogP contribution in [0, 0.1) is 17.2 Å². The van der Waals surface area contributed by atoms with E-state index < -0.39 is 0 Å². The van der Waals surface area contributed by atoms with Gasteiger partial charge in [0.15, 0.2) is 0 Å². The topological polar surface area (TPSA) is 27.0 Å². The Balaban J connectivity index is 2.82. The molecule has 2 unspecified atom stereocenters. The second kappa shape index (κ2) is 6.56. The standard InChI is InChI=1S/C16H24N2/c1-12(2)10-14-6-8-15(9-7-14)13(3)16(11-17)18(4)5/h6-9,12-13,16H,10H2,1-5H3. The predicted molar refractivity (Wildman–Crippen MR) is 76.5 cm³/mol. The summed E-state index contributed by atoms with van der Waals surface area (Å²) in [4.78, 5) is 1.98. The molecule has 0 spiro atoms. The molecule has 0 amide bonds. The van der Waals surface area contributed by atoms with E-state index in [-0.39, 0.29) is 12.0 Å². The minimum Gasteiger partial charge on any atom is -0.294 e. The summed E-state index contributed by atoms with van der Waals surface area (Å²) >= 11 is 0. The van der Waals surface area contributed by atoms with E-state index in [0.717, 1.165) is 6.42 Å².